The monoisotopic (exact) mass is 233 g/mol. The molecule has 17 heavy (non-hydrogen) atoms. The molecular formula is C15H23NO. The van der Waals surface area contributed by atoms with E-state index in [1.807, 2.05) is 13.0 Å². The molecule has 1 fully saturated rings. The van der Waals surface area contributed by atoms with Crippen LogP contribution in [0.3, 0.4) is 0 Å². The van der Waals surface area contributed by atoms with E-state index in [9.17, 15) is 0 Å². The third kappa shape index (κ3) is 3.22. The molecule has 0 bridgehead atoms. The van der Waals surface area contributed by atoms with Gasteiger partial charge >= 0.3 is 0 Å². The van der Waals surface area contributed by atoms with Crippen molar-refractivity contribution in [2.24, 2.45) is 5.73 Å². The summed E-state index contributed by atoms with van der Waals surface area (Å²) in [6, 6.07) is 8.79. The molecule has 2 heteroatoms. The van der Waals surface area contributed by atoms with Crippen LogP contribution in [-0.2, 0) is 0 Å². The smallest absolute Gasteiger partial charge is 0.122 e. The maximum Gasteiger partial charge on any atom is 0.122 e. The van der Waals surface area contributed by atoms with Crippen molar-refractivity contribution in [2.45, 2.75) is 51.0 Å². The second-order valence-corrected chi connectivity index (χ2v) is 4.95. The third-order valence-electron chi connectivity index (χ3n) is 3.62. The molecule has 2 rings (SSSR count). The van der Waals surface area contributed by atoms with E-state index in [4.69, 9.17) is 10.5 Å². The van der Waals surface area contributed by atoms with Crippen LogP contribution >= 0.6 is 0 Å². The van der Waals surface area contributed by atoms with Crippen molar-refractivity contribution < 1.29 is 4.74 Å². The van der Waals surface area contributed by atoms with E-state index < -0.39 is 0 Å². The van der Waals surface area contributed by atoms with Crippen molar-refractivity contribution in [3.63, 3.8) is 0 Å². The Labute approximate surface area is 104 Å². The highest BCUT2D eigenvalue weighted by Crippen LogP contribution is 2.36. The molecule has 0 aliphatic heterocycles. The zero-order chi connectivity index (χ0) is 12.1. The van der Waals surface area contributed by atoms with Crippen LogP contribution in [0.5, 0.6) is 5.75 Å². The minimum Gasteiger partial charge on any atom is -0.494 e. The summed E-state index contributed by atoms with van der Waals surface area (Å²) in [5, 5.41) is 0. The zero-order valence-corrected chi connectivity index (χ0v) is 10.7. The summed E-state index contributed by atoms with van der Waals surface area (Å²) >= 11 is 0. The Balaban J connectivity index is 2.19. The maximum atomic E-state index is 6.15. The van der Waals surface area contributed by atoms with E-state index >= 15 is 0 Å². The van der Waals surface area contributed by atoms with Gasteiger partial charge in [-0.05, 0) is 43.7 Å². The summed E-state index contributed by atoms with van der Waals surface area (Å²) < 4.78 is 5.73. The first-order valence-electron chi connectivity index (χ1n) is 6.78. The van der Waals surface area contributed by atoms with Crippen molar-refractivity contribution in [1.29, 1.82) is 0 Å². The van der Waals surface area contributed by atoms with Crippen LogP contribution in [0.2, 0.25) is 0 Å². The second kappa shape index (κ2) is 6.06. The van der Waals surface area contributed by atoms with Crippen LogP contribution in [0, 0.1) is 0 Å². The lowest BCUT2D eigenvalue weighted by atomic mass is 9.90. The van der Waals surface area contributed by atoms with Crippen molar-refractivity contribution >= 4 is 0 Å². The van der Waals surface area contributed by atoms with Gasteiger partial charge in [-0.25, -0.2) is 0 Å². The molecule has 0 aromatic heterocycles. The van der Waals surface area contributed by atoms with Crippen LogP contribution in [0.15, 0.2) is 24.3 Å². The fourth-order valence-corrected chi connectivity index (χ4v) is 2.79. The molecule has 1 aliphatic carbocycles. The zero-order valence-electron chi connectivity index (χ0n) is 10.7. The Morgan fingerprint density at radius 1 is 1.24 bits per heavy atom. The van der Waals surface area contributed by atoms with Crippen molar-refractivity contribution in [1.82, 2.24) is 0 Å². The number of ether oxygens (including phenoxy) is 1. The molecular weight excluding hydrogens is 210 g/mol. The molecule has 0 heterocycles. The molecule has 2 N–H and O–H groups in total. The Kier molecular flexibility index (Phi) is 4.43. The van der Waals surface area contributed by atoms with E-state index in [0.29, 0.717) is 12.0 Å². The predicted octanol–water partition coefficient (Wildman–Crippen LogP) is 3.46. The number of nitrogens with two attached hydrogens (primary N) is 1. The standard InChI is InChI=1S/C15H23NO/c1-2-17-15-10-6-5-9-14(15)12-7-3-4-8-13(16)11-12/h5-6,9-10,12-13H,2-4,7-8,11,16H2,1H3. The van der Waals surface area contributed by atoms with Crippen LogP contribution in [0.1, 0.15) is 50.5 Å². The van der Waals surface area contributed by atoms with Gasteiger partial charge in [-0.1, -0.05) is 31.0 Å². The first kappa shape index (κ1) is 12.4. The normalized spacial score (nSPS) is 25.3. The molecule has 0 saturated heterocycles. The molecule has 2 nitrogen and oxygen atoms in total. The number of hydrogen-bond acceptors (Lipinski definition) is 2. The lowest BCUT2D eigenvalue weighted by Gasteiger charge is -2.20. The first-order chi connectivity index (χ1) is 8.31. The van der Waals surface area contributed by atoms with Crippen molar-refractivity contribution in [2.75, 3.05) is 6.61 Å². The van der Waals surface area contributed by atoms with Gasteiger partial charge in [-0.2, -0.15) is 0 Å². The van der Waals surface area contributed by atoms with E-state index in [2.05, 4.69) is 18.2 Å². The predicted molar refractivity (Wildman–Crippen MR) is 71.4 cm³/mol. The number of benzene rings is 1. The molecule has 1 aromatic carbocycles. The van der Waals surface area contributed by atoms with Gasteiger partial charge in [0.15, 0.2) is 0 Å². The van der Waals surface area contributed by atoms with Gasteiger partial charge in [-0.15, -0.1) is 0 Å². The summed E-state index contributed by atoms with van der Waals surface area (Å²) in [4.78, 5) is 0. The molecule has 0 radical (unpaired) electrons. The number of rotatable bonds is 3. The largest absolute Gasteiger partial charge is 0.494 e. The lowest BCUT2D eigenvalue weighted by Crippen LogP contribution is -2.21. The van der Waals surface area contributed by atoms with E-state index in [1.54, 1.807) is 0 Å². The van der Waals surface area contributed by atoms with Gasteiger partial charge in [0, 0.05) is 6.04 Å². The van der Waals surface area contributed by atoms with E-state index in [1.165, 1.54) is 31.2 Å². The number of para-hydroxylation sites is 1. The number of hydrogen-bond donors (Lipinski definition) is 1. The van der Waals surface area contributed by atoms with Gasteiger partial charge in [0.05, 0.1) is 6.61 Å². The van der Waals surface area contributed by atoms with Crippen LogP contribution < -0.4 is 10.5 Å². The molecule has 94 valence electrons. The van der Waals surface area contributed by atoms with Gasteiger partial charge in [0.2, 0.25) is 0 Å². The molecule has 2 unspecified atom stereocenters. The van der Waals surface area contributed by atoms with Gasteiger partial charge in [0.1, 0.15) is 5.75 Å². The molecule has 0 spiro atoms. The topological polar surface area (TPSA) is 35.2 Å². The van der Waals surface area contributed by atoms with Crippen LogP contribution in [-0.4, -0.2) is 12.6 Å². The van der Waals surface area contributed by atoms with Gasteiger partial charge in [0.25, 0.3) is 0 Å². The average molecular weight is 233 g/mol. The minimum absolute atomic E-state index is 0.359. The first-order valence-corrected chi connectivity index (χ1v) is 6.78. The Morgan fingerprint density at radius 3 is 2.82 bits per heavy atom. The van der Waals surface area contributed by atoms with Gasteiger partial charge < -0.3 is 10.5 Å². The molecule has 2 atom stereocenters. The highest BCUT2D eigenvalue weighted by atomic mass is 16.5. The summed E-state index contributed by atoms with van der Waals surface area (Å²) in [6.45, 7) is 2.77. The molecule has 1 aromatic rings. The van der Waals surface area contributed by atoms with E-state index in [-0.39, 0.29) is 0 Å². The van der Waals surface area contributed by atoms with Crippen LogP contribution in [0.4, 0.5) is 0 Å². The van der Waals surface area contributed by atoms with E-state index in [0.717, 1.165) is 18.8 Å². The summed E-state index contributed by atoms with van der Waals surface area (Å²) in [5.41, 5.74) is 7.50. The summed E-state index contributed by atoms with van der Waals surface area (Å²) in [5.74, 6) is 1.63. The summed E-state index contributed by atoms with van der Waals surface area (Å²) in [6.07, 6.45) is 6.09. The second-order valence-electron chi connectivity index (χ2n) is 4.95. The highest BCUT2D eigenvalue weighted by molar-refractivity contribution is 5.36. The Bertz CT molecular complexity index is 351. The van der Waals surface area contributed by atoms with Gasteiger partial charge in [-0.3, -0.25) is 0 Å². The lowest BCUT2D eigenvalue weighted by molar-refractivity contribution is 0.332. The minimum atomic E-state index is 0.359. The fourth-order valence-electron chi connectivity index (χ4n) is 2.79. The SMILES string of the molecule is CCOc1ccccc1C1CCCCC(N)C1. The quantitative estimate of drug-likeness (QED) is 0.811. The maximum absolute atomic E-state index is 6.15. The molecule has 1 saturated carbocycles. The van der Waals surface area contributed by atoms with Crippen LogP contribution in [0.25, 0.3) is 0 Å². The van der Waals surface area contributed by atoms with Crippen molar-refractivity contribution in [3.8, 4) is 5.75 Å². The van der Waals surface area contributed by atoms with Crippen molar-refractivity contribution in [3.05, 3.63) is 29.8 Å². The molecule has 1 aliphatic rings. The fraction of sp³-hybridized carbons (Fsp3) is 0.600. The summed E-state index contributed by atoms with van der Waals surface area (Å²) in [7, 11) is 0. The Hall–Kier alpha value is -1.02. The Morgan fingerprint density at radius 2 is 2.00 bits per heavy atom. The molecule has 0 amide bonds. The average Bonchev–Trinajstić information content (AvgIpc) is 2.55. The third-order valence-corrected chi connectivity index (χ3v) is 3.62. The highest BCUT2D eigenvalue weighted by Gasteiger charge is 2.21.